The summed E-state index contributed by atoms with van der Waals surface area (Å²) in [5.74, 6) is 0.481. The average Bonchev–Trinajstić information content (AvgIpc) is 3.41. The number of thiophene rings is 1. The van der Waals surface area contributed by atoms with E-state index >= 15 is 0 Å². The summed E-state index contributed by atoms with van der Waals surface area (Å²) < 4.78 is 0. The van der Waals surface area contributed by atoms with Gasteiger partial charge in [0.15, 0.2) is 5.82 Å². The lowest BCUT2D eigenvalue weighted by Gasteiger charge is -2.07. The van der Waals surface area contributed by atoms with Gasteiger partial charge in [-0.25, -0.2) is 14.8 Å². The van der Waals surface area contributed by atoms with Gasteiger partial charge in [-0.05, 0) is 35.4 Å². The van der Waals surface area contributed by atoms with Gasteiger partial charge in [0.25, 0.3) is 0 Å². The Morgan fingerprint density at radius 1 is 1.23 bits per heavy atom. The van der Waals surface area contributed by atoms with Crippen LogP contribution in [-0.4, -0.2) is 32.6 Å². The van der Waals surface area contributed by atoms with Crippen LogP contribution in [-0.2, 0) is 4.79 Å². The predicted octanol–water partition coefficient (Wildman–Crippen LogP) is 5.02. The molecule has 0 bridgehead atoms. The minimum absolute atomic E-state index is 0.160. The van der Waals surface area contributed by atoms with Crippen molar-refractivity contribution in [1.29, 1.82) is 0 Å². The van der Waals surface area contributed by atoms with Crippen molar-refractivity contribution in [2.24, 2.45) is 5.73 Å². The number of nitrogens with one attached hydrogen (secondary N) is 2. The Labute approximate surface area is 190 Å². The van der Waals surface area contributed by atoms with Gasteiger partial charge in [0, 0.05) is 26.7 Å². The minimum Gasteiger partial charge on any atom is -0.322 e. The first-order chi connectivity index (χ1) is 15.0. The van der Waals surface area contributed by atoms with Crippen LogP contribution in [0, 0.1) is 6.57 Å². The van der Waals surface area contributed by atoms with E-state index in [0.29, 0.717) is 53.8 Å². The Kier molecular flexibility index (Phi) is 5.97. The third kappa shape index (κ3) is 4.15. The largest absolute Gasteiger partial charge is 0.322 e. The summed E-state index contributed by atoms with van der Waals surface area (Å²) in [4.78, 5) is 25.2. The molecule has 31 heavy (non-hydrogen) atoms. The standard InChI is InChI=1S/C20H13Cl2N7OS/c1-24-17-16(12-3-2-11(21)7-13(12)22)19(20-26-9-27-29-20)31-18(17)10-4-5-25-14(6-10)28-15(30)8-23/h2-7,9H,8,23H2,(H,25,28,30)(H,26,27,29). The molecule has 4 aromatic rings. The molecule has 0 spiro atoms. The number of pyridine rings is 1. The molecule has 0 radical (unpaired) electrons. The second kappa shape index (κ2) is 8.83. The SMILES string of the molecule is [C-]#[N+]c1c(-c2ccnc(NC(=O)CN)c2)sc(-c2ncn[nH]2)c1-c1ccc(Cl)cc1Cl. The Balaban J connectivity index is 1.94. The summed E-state index contributed by atoms with van der Waals surface area (Å²) in [6.07, 6.45) is 2.95. The topological polar surface area (TPSA) is 114 Å². The first-order valence-corrected chi connectivity index (χ1v) is 10.4. The average molecular weight is 470 g/mol. The molecule has 4 rings (SSSR count). The highest BCUT2D eigenvalue weighted by Gasteiger charge is 2.25. The maximum Gasteiger partial charge on any atom is 0.239 e. The zero-order valence-electron chi connectivity index (χ0n) is 15.7. The van der Waals surface area contributed by atoms with Gasteiger partial charge in [0.2, 0.25) is 11.6 Å². The van der Waals surface area contributed by atoms with Gasteiger partial charge in [-0.2, -0.15) is 5.10 Å². The summed E-state index contributed by atoms with van der Waals surface area (Å²) in [6.45, 7) is 7.73. The summed E-state index contributed by atoms with van der Waals surface area (Å²) in [7, 11) is 0. The van der Waals surface area contributed by atoms with Crippen molar-refractivity contribution < 1.29 is 4.79 Å². The van der Waals surface area contributed by atoms with E-state index in [1.165, 1.54) is 17.7 Å². The third-order valence-electron chi connectivity index (χ3n) is 4.30. The van der Waals surface area contributed by atoms with E-state index in [1.54, 1.807) is 36.5 Å². The maximum atomic E-state index is 11.6. The Morgan fingerprint density at radius 3 is 2.74 bits per heavy atom. The molecule has 154 valence electrons. The van der Waals surface area contributed by atoms with Gasteiger partial charge < -0.3 is 11.1 Å². The second-order valence-electron chi connectivity index (χ2n) is 6.24. The van der Waals surface area contributed by atoms with Crippen LogP contribution in [0.3, 0.4) is 0 Å². The predicted molar refractivity (Wildman–Crippen MR) is 122 cm³/mol. The molecule has 1 amide bonds. The maximum absolute atomic E-state index is 11.6. The van der Waals surface area contributed by atoms with Gasteiger partial charge in [-0.15, -0.1) is 11.3 Å². The number of H-pyrrole nitrogens is 1. The lowest BCUT2D eigenvalue weighted by atomic mass is 10.0. The number of hydrogen-bond donors (Lipinski definition) is 3. The molecule has 4 N–H and O–H groups in total. The van der Waals surface area contributed by atoms with Crippen molar-refractivity contribution in [3.63, 3.8) is 0 Å². The van der Waals surface area contributed by atoms with Crippen molar-refractivity contribution in [2.45, 2.75) is 0 Å². The molecule has 0 unspecified atom stereocenters. The van der Waals surface area contributed by atoms with E-state index < -0.39 is 0 Å². The van der Waals surface area contributed by atoms with Crippen molar-refractivity contribution in [1.82, 2.24) is 20.2 Å². The van der Waals surface area contributed by atoms with Gasteiger partial charge in [-0.1, -0.05) is 29.3 Å². The first-order valence-electron chi connectivity index (χ1n) is 8.83. The molecular weight excluding hydrogens is 457 g/mol. The number of amides is 1. The molecule has 0 atom stereocenters. The molecule has 1 aromatic carbocycles. The van der Waals surface area contributed by atoms with Crippen molar-refractivity contribution in [3.8, 4) is 32.3 Å². The van der Waals surface area contributed by atoms with Crippen LogP contribution in [0.2, 0.25) is 10.0 Å². The normalized spacial score (nSPS) is 10.6. The van der Waals surface area contributed by atoms with E-state index in [4.69, 9.17) is 35.5 Å². The lowest BCUT2D eigenvalue weighted by Crippen LogP contribution is -2.22. The van der Waals surface area contributed by atoms with Gasteiger partial charge in [-0.3, -0.25) is 9.89 Å². The summed E-state index contributed by atoms with van der Waals surface area (Å²) in [5, 5.41) is 10.3. The van der Waals surface area contributed by atoms with Crippen LogP contribution in [0.1, 0.15) is 0 Å². The summed E-state index contributed by atoms with van der Waals surface area (Å²) >= 11 is 13.9. The number of carbonyl (C=O) groups is 1. The number of carbonyl (C=O) groups excluding carboxylic acids is 1. The minimum atomic E-state index is -0.364. The van der Waals surface area contributed by atoms with E-state index in [0.717, 1.165) is 0 Å². The number of anilines is 1. The molecule has 3 heterocycles. The number of hydrogen-bond acceptors (Lipinski definition) is 6. The third-order valence-corrected chi connectivity index (χ3v) is 6.08. The number of aromatic amines is 1. The number of nitrogens with zero attached hydrogens (tertiary/aromatic N) is 4. The fourth-order valence-corrected chi connectivity index (χ4v) is 4.68. The molecule has 3 aromatic heterocycles. The lowest BCUT2D eigenvalue weighted by molar-refractivity contribution is -0.114. The highest BCUT2D eigenvalue weighted by atomic mass is 35.5. The van der Waals surface area contributed by atoms with Gasteiger partial charge in [0.05, 0.1) is 18.0 Å². The van der Waals surface area contributed by atoms with Crippen LogP contribution < -0.4 is 11.1 Å². The van der Waals surface area contributed by atoms with Gasteiger partial charge in [0.1, 0.15) is 12.1 Å². The first kappa shape index (κ1) is 21.0. The van der Waals surface area contributed by atoms with E-state index in [1.807, 2.05) is 0 Å². The summed E-state index contributed by atoms with van der Waals surface area (Å²) in [6, 6.07) is 8.55. The van der Waals surface area contributed by atoms with E-state index in [2.05, 4.69) is 30.3 Å². The molecular formula is C20H13Cl2N7OS. The van der Waals surface area contributed by atoms with Crippen LogP contribution in [0.5, 0.6) is 0 Å². The van der Waals surface area contributed by atoms with Crippen LogP contribution in [0.4, 0.5) is 11.5 Å². The van der Waals surface area contributed by atoms with Crippen LogP contribution >= 0.6 is 34.5 Å². The zero-order valence-corrected chi connectivity index (χ0v) is 18.0. The number of rotatable bonds is 5. The molecule has 0 saturated heterocycles. The number of benzene rings is 1. The van der Waals surface area contributed by atoms with E-state index in [-0.39, 0.29) is 12.5 Å². The Morgan fingerprint density at radius 2 is 2.06 bits per heavy atom. The second-order valence-corrected chi connectivity index (χ2v) is 8.10. The zero-order chi connectivity index (χ0) is 22.0. The molecule has 0 saturated carbocycles. The quantitative estimate of drug-likeness (QED) is 0.355. The molecule has 0 aliphatic heterocycles. The fourth-order valence-electron chi connectivity index (χ4n) is 2.98. The Bertz CT molecular complexity index is 1310. The van der Waals surface area contributed by atoms with Crippen LogP contribution in [0.25, 0.3) is 37.1 Å². The molecule has 0 fully saturated rings. The van der Waals surface area contributed by atoms with Crippen molar-refractivity contribution >= 4 is 52.0 Å². The monoisotopic (exact) mass is 469 g/mol. The van der Waals surface area contributed by atoms with Gasteiger partial charge >= 0.3 is 0 Å². The fraction of sp³-hybridized carbons (Fsp3) is 0.0500. The smallest absolute Gasteiger partial charge is 0.239 e. The number of aromatic nitrogens is 4. The molecule has 0 aliphatic carbocycles. The highest BCUT2D eigenvalue weighted by Crippen LogP contribution is 2.53. The van der Waals surface area contributed by atoms with Crippen molar-refractivity contribution in [2.75, 3.05) is 11.9 Å². The highest BCUT2D eigenvalue weighted by molar-refractivity contribution is 7.20. The number of nitrogens with two attached hydrogens (primary N) is 1. The number of halogens is 2. The molecule has 8 nitrogen and oxygen atoms in total. The molecule has 11 heteroatoms. The van der Waals surface area contributed by atoms with Crippen molar-refractivity contribution in [3.05, 3.63) is 64.3 Å². The Hall–Kier alpha value is -3.29. The summed E-state index contributed by atoms with van der Waals surface area (Å²) in [5.41, 5.74) is 7.73. The van der Waals surface area contributed by atoms with Crippen LogP contribution in [0.15, 0.2) is 42.9 Å². The van der Waals surface area contributed by atoms with E-state index in [9.17, 15) is 4.79 Å². The molecule has 0 aliphatic rings.